The predicted octanol–water partition coefficient (Wildman–Crippen LogP) is 2.93. The van der Waals surface area contributed by atoms with Gasteiger partial charge in [-0.1, -0.05) is 12.1 Å². The highest BCUT2D eigenvalue weighted by molar-refractivity contribution is 5.56. The molecule has 0 saturated carbocycles. The van der Waals surface area contributed by atoms with Crippen molar-refractivity contribution >= 4 is 5.69 Å². The first kappa shape index (κ1) is 12.3. The van der Waals surface area contributed by atoms with Crippen LogP contribution in [0, 0.1) is 6.92 Å². The third-order valence-electron chi connectivity index (χ3n) is 2.51. The molecule has 1 aromatic carbocycles. The van der Waals surface area contributed by atoms with Gasteiger partial charge in [0.15, 0.2) is 0 Å². The van der Waals surface area contributed by atoms with Crippen molar-refractivity contribution in [2.24, 2.45) is 0 Å². The predicted molar refractivity (Wildman–Crippen MR) is 63.7 cm³/mol. The molecule has 2 N–H and O–H groups in total. The molecule has 1 heterocycles. The number of ether oxygens (including phenoxy) is 1. The van der Waals surface area contributed by atoms with Gasteiger partial charge in [-0.2, -0.15) is 13.9 Å². The zero-order chi connectivity index (χ0) is 13.0. The number of nitrogens with one attached hydrogen (secondary N) is 2. The van der Waals surface area contributed by atoms with Gasteiger partial charge in [-0.15, -0.1) is 0 Å². The van der Waals surface area contributed by atoms with Crippen molar-refractivity contribution in [1.82, 2.24) is 10.2 Å². The third-order valence-corrected chi connectivity index (χ3v) is 2.51. The van der Waals surface area contributed by atoms with Crippen LogP contribution in [0.1, 0.15) is 11.3 Å². The molecule has 1 aromatic heterocycles. The normalized spacial score (nSPS) is 10.7. The van der Waals surface area contributed by atoms with Crippen molar-refractivity contribution in [2.75, 3.05) is 5.32 Å². The zero-order valence-electron chi connectivity index (χ0n) is 9.78. The lowest BCUT2D eigenvalue weighted by Crippen LogP contribution is -2.06. The summed E-state index contributed by atoms with van der Waals surface area (Å²) < 4.78 is 28.9. The van der Waals surface area contributed by atoms with Gasteiger partial charge in [0.05, 0.1) is 11.9 Å². The molecule has 0 saturated heterocycles. The molecule has 0 spiro atoms. The highest BCUT2D eigenvalue weighted by Crippen LogP contribution is 2.26. The lowest BCUT2D eigenvalue weighted by atomic mass is 10.2. The van der Waals surface area contributed by atoms with Crippen molar-refractivity contribution < 1.29 is 13.5 Å². The molecular formula is C12H13F2N3O. The number of aromatic nitrogens is 2. The van der Waals surface area contributed by atoms with Crippen molar-refractivity contribution in [3.63, 3.8) is 0 Å². The molecular weight excluding hydrogens is 240 g/mol. The van der Waals surface area contributed by atoms with Crippen LogP contribution in [-0.4, -0.2) is 16.8 Å². The Bertz CT molecular complexity index is 514. The van der Waals surface area contributed by atoms with Gasteiger partial charge in [-0.05, 0) is 19.1 Å². The number of nitrogens with zero attached hydrogens (tertiary/aromatic N) is 1. The first-order valence-electron chi connectivity index (χ1n) is 5.43. The lowest BCUT2D eigenvalue weighted by Gasteiger charge is -2.12. The van der Waals surface area contributed by atoms with Crippen LogP contribution in [0.25, 0.3) is 0 Å². The fourth-order valence-corrected chi connectivity index (χ4v) is 1.56. The molecule has 4 nitrogen and oxygen atoms in total. The minimum Gasteiger partial charge on any atom is -0.433 e. The van der Waals surface area contributed by atoms with Crippen LogP contribution in [0.4, 0.5) is 14.5 Å². The summed E-state index contributed by atoms with van der Waals surface area (Å²) >= 11 is 0. The van der Waals surface area contributed by atoms with Crippen molar-refractivity contribution in [2.45, 2.75) is 20.1 Å². The van der Waals surface area contributed by atoms with E-state index < -0.39 is 6.61 Å². The van der Waals surface area contributed by atoms with Crippen LogP contribution in [0.2, 0.25) is 0 Å². The van der Waals surface area contributed by atoms with Crippen molar-refractivity contribution in [3.8, 4) is 5.75 Å². The van der Waals surface area contributed by atoms with E-state index in [-0.39, 0.29) is 5.75 Å². The highest BCUT2D eigenvalue weighted by Gasteiger charge is 2.09. The van der Waals surface area contributed by atoms with Crippen molar-refractivity contribution in [1.29, 1.82) is 0 Å². The molecule has 96 valence electrons. The molecule has 2 aromatic rings. The molecule has 0 amide bonds. The molecule has 0 aliphatic carbocycles. The second kappa shape index (κ2) is 5.48. The number of anilines is 1. The number of benzene rings is 1. The summed E-state index contributed by atoms with van der Waals surface area (Å²) in [4.78, 5) is 0. The maximum Gasteiger partial charge on any atom is 0.387 e. The lowest BCUT2D eigenvalue weighted by molar-refractivity contribution is -0.0493. The Labute approximate surface area is 103 Å². The van der Waals surface area contributed by atoms with Gasteiger partial charge < -0.3 is 10.1 Å². The van der Waals surface area contributed by atoms with E-state index >= 15 is 0 Å². The SMILES string of the molecule is Cc1[nH]ncc1CNc1ccccc1OC(F)F. The van der Waals surface area contributed by atoms with E-state index in [0.29, 0.717) is 12.2 Å². The summed E-state index contributed by atoms with van der Waals surface area (Å²) in [6, 6.07) is 6.58. The van der Waals surface area contributed by atoms with E-state index in [1.807, 2.05) is 6.92 Å². The fourth-order valence-electron chi connectivity index (χ4n) is 1.56. The molecule has 2 rings (SSSR count). The first-order chi connectivity index (χ1) is 8.66. The number of halogens is 2. The quantitative estimate of drug-likeness (QED) is 0.861. The monoisotopic (exact) mass is 253 g/mol. The summed E-state index contributed by atoms with van der Waals surface area (Å²) in [5.74, 6) is 0.133. The Morgan fingerprint density at radius 3 is 2.83 bits per heavy atom. The second-order valence-corrected chi connectivity index (χ2v) is 3.75. The van der Waals surface area contributed by atoms with Crippen molar-refractivity contribution in [3.05, 3.63) is 41.7 Å². The molecule has 0 aliphatic heterocycles. The Kier molecular flexibility index (Phi) is 3.76. The summed E-state index contributed by atoms with van der Waals surface area (Å²) in [5, 5.41) is 9.74. The van der Waals surface area contributed by atoms with Crippen LogP contribution in [0.3, 0.4) is 0 Å². The maximum atomic E-state index is 12.2. The van der Waals surface area contributed by atoms with Crippen LogP contribution in [0.5, 0.6) is 5.75 Å². The first-order valence-corrected chi connectivity index (χ1v) is 5.43. The fraction of sp³-hybridized carbons (Fsp3) is 0.250. The molecule has 0 atom stereocenters. The molecule has 18 heavy (non-hydrogen) atoms. The van der Waals surface area contributed by atoms with Crippen LogP contribution < -0.4 is 10.1 Å². The second-order valence-electron chi connectivity index (χ2n) is 3.75. The van der Waals surface area contributed by atoms with E-state index in [9.17, 15) is 8.78 Å². The molecule has 0 aliphatic rings. The van der Waals surface area contributed by atoms with E-state index in [1.165, 1.54) is 6.07 Å². The Morgan fingerprint density at radius 2 is 2.17 bits per heavy atom. The van der Waals surface area contributed by atoms with E-state index in [0.717, 1.165) is 11.3 Å². The minimum atomic E-state index is -2.83. The minimum absolute atomic E-state index is 0.133. The molecule has 0 bridgehead atoms. The van der Waals surface area contributed by atoms with Gasteiger partial charge in [0.2, 0.25) is 0 Å². The highest BCUT2D eigenvalue weighted by atomic mass is 19.3. The Morgan fingerprint density at radius 1 is 1.39 bits per heavy atom. The summed E-state index contributed by atoms with van der Waals surface area (Å²) in [5.41, 5.74) is 2.44. The topological polar surface area (TPSA) is 49.9 Å². The Hall–Kier alpha value is -2.11. The molecule has 0 unspecified atom stereocenters. The van der Waals surface area contributed by atoms with Crippen LogP contribution in [-0.2, 0) is 6.54 Å². The number of H-pyrrole nitrogens is 1. The van der Waals surface area contributed by atoms with Crippen LogP contribution in [0.15, 0.2) is 30.5 Å². The van der Waals surface area contributed by atoms with Gasteiger partial charge in [0.25, 0.3) is 0 Å². The smallest absolute Gasteiger partial charge is 0.387 e. The van der Waals surface area contributed by atoms with Gasteiger partial charge in [0.1, 0.15) is 5.75 Å². The number of para-hydroxylation sites is 2. The summed E-state index contributed by atoms with van der Waals surface area (Å²) in [7, 11) is 0. The average Bonchev–Trinajstić information content (AvgIpc) is 2.73. The number of alkyl halides is 2. The third kappa shape index (κ3) is 2.97. The number of rotatable bonds is 5. The van der Waals surface area contributed by atoms with Gasteiger partial charge in [-0.3, -0.25) is 5.10 Å². The van der Waals surface area contributed by atoms with Gasteiger partial charge in [0, 0.05) is 17.8 Å². The number of hydrogen-bond donors (Lipinski definition) is 2. The number of aryl methyl sites for hydroxylation is 1. The number of hydrogen-bond acceptors (Lipinski definition) is 3. The van der Waals surface area contributed by atoms with E-state index in [4.69, 9.17) is 0 Å². The molecule has 0 radical (unpaired) electrons. The molecule has 6 heteroatoms. The van der Waals surface area contributed by atoms with Gasteiger partial charge in [-0.25, -0.2) is 0 Å². The standard InChI is InChI=1S/C12H13F2N3O/c1-8-9(7-16-17-8)6-15-10-4-2-3-5-11(10)18-12(13)14/h2-5,7,12,15H,6H2,1H3,(H,16,17). The van der Waals surface area contributed by atoms with Crippen LogP contribution >= 0.6 is 0 Å². The average molecular weight is 253 g/mol. The summed E-state index contributed by atoms with van der Waals surface area (Å²) in [6.45, 7) is -0.444. The number of aromatic amines is 1. The van der Waals surface area contributed by atoms with Gasteiger partial charge >= 0.3 is 6.61 Å². The largest absolute Gasteiger partial charge is 0.433 e. The Balaban J connectivity index is 2.07. The zero-order valence-corrected chi connectivity index (χ0v) is 9.78. The maximum absolute atomic E-state index is 12.2. The van der Waals surface area contributed by atoms with E-state index in [2.05, 4.69) is 20.3 Å². The summed E-state index contributed by atoms with van der Waals surface area (Å²) in [6.07, 6.45) is 1.69. The molecule has 0 fully saturated rings. The van der Waals surface area contributed by atoms with E-state index in [1.54, 1.807) is 24.4 Å².